The van der Waals surface area contributed by atoms with E-state index in [0.717, 1.165) is 11.4 Å². The number of hydrogen-bond donors (Lipinski definition) is 0. The Morgan fingerprint density at radius 1 is 0.283 bits per heavy atom. The molecule has 0 aliphatic rings. The summed E-state index contributed by atoms with van der Waals surface area (Å²) in [5, 5.41) is 12.7. The van der Waals surface area contributed by atoms with Crippen LogP contribution in [0.15, 0.2) is 224 Å². The van der Waals surface area contributed by atoms with Crippen LogP contribution in [-0.4, -0.2) is 0 Å². The lowest BCUT2D eigenvalue weighted by molar-refractivity contribution is 1.30. The summed E-state index contributed by atoms with van der Waals surface area (Å²) in [5.41, 5.74) is 10.7. The normalized spacial score (nSPS) is 11.7. The van der Waals surface area contributed by atoms with E-state index in [9.17, 15) is 0 Å². The Labute approximate surface area is 352 Å². The van der Waals surface area contributed by atoms with Gasteiger partial charge in [0.1, 0.15) is 0 Å². The fourth-order valence-corrected chi connectivity index (χ4v) is 10.4. The van der Waals surface area contributed by atoms with E-state index < -0.39 is 0 Å². The molecule has 0 aliphatic heterocycles. The molecule has 0 atom stereocenters. The Bertz CT molecular complexity index is 3580. The van der Waals surface area contributed by atoms with Crippen molar-refractivity contribution in [2.24, 2.45) is 0 Å². The van der Waals surface area contributed by atoms with Crippen molar-refractivity contribution >= 4 is 91.7 Å². The third kappa shape index (κ3) is 5.84. The molecule has 0 fully saturated rings. The van der Waals surface area contributed by atoms with Crippen LogP contribution in [0, 0.1) is 0 Å². The van der Waals surface area contributed by atoms with Gasteiger partial charge in [-0.1, -0.05) is 164 Å². The third-order valence-electron chi connectivity index (χ3n) is 12.2. The van der Waals surface area contributed by atoms with Crippen LogP contribution in [0.4, 0.5) is 17.1 Å². The second kappa shape index (κ2) is 14.1. The van der Waals surface area contributed by atoms with E-state index in [4.69, 9.17) is 0 Å². The number of rotatable bonds is 6. The van der Waals surface area contributed by atoms with Crippen molar-refractivity contribution in [3.05, 3.63) is 224 Å². The molecular weight excluding hydrogens is 743 g/mol. The molecule has 0 saturated heterocycles. The lowest BCUT2D eigenvalue weighted by Crippen LogP contribution is -2.10. The zero-order valence-electron chi connectivity index (χ0n) is 32.7. The maximum absolute atomic E-state index is 2.44. The first-order chi connectivity index (χ1) is 29.7. The van der Waals surface area contributed by atoms with E-state index in [1.54, 1.807) is 0 Å². The van der Waals surface area contributed by atoms with Crippen LogP contribution >= 0.6 is 11.3 Å². The maximum Gasteiger partial charge on any atom is 0.0554 e. The molecule has 1 nitrogen and oxygen atoms in total. The first-order valence-corrected chi connectivity index (χ1v) is 21.4. The molecule has 280 valence electrons. The summed E-state index contributed by atoms with van der Waals surface area (Å²) < 4.78 is 2.59. The summed E-state index contributed by atoms with van der Waals surface area (Å²) in [6.45, 7) is 0. The lowest BCUT2D eigenvalue weighted by atomic mass is 9.92. The Kier molecular flexibility index (Phi) is 8.11. The topological polar surface area (TPSA) is 3.24 Å². The van der Waals surface area contributed by atoms with Gasteiger partial charge in [-0.05, 0) is 137 Å². The van der Waals surface area contributed by atoms with Crippen LogP contribution in [0.25, 0.3) is 96.6 Å². The molecule has 0 bridgehead atoms. The van der Waals surface area contributed by atoms with Crippen LogP contribution in [-0.2, 0) is 0 Å². The van der Waals surface area contributed by atoms with E-state index in [1.807, 2.05) is 11.3 Å². The Hall–Kier alpha value is -7.52. The van der Waals surface area contributed by atoms with E-state index in [0.29, 0.717) is 0 Å². The van der Waals surface area contributed by atoms with Gasteiger partial charge < -0.3 is 4.90 Å². The van der Waals surface area contributed by atoms with Gasteiger partial charge in [-0.2, -0.15) is 0 Å². The maximum atomic E-state index is 2.44. The molecule has 60 heavy (non-hydrogen) atoms. The number of fused-ring (bicyclic) bond motifs is 8. The second-order valence-corrected chi connectivity index (χ2v) is 16.8. The summed E-state index contributed by atoms with van der Waals surface area (Å²) in [4.78, 5) is 2.44. The molecule has 1 aromatic heterocycles. The number of benzene rings is 11. The van der Waals surface area contributed by atoms with E-state index >= 15 is 0 Å². The highest BCUT2D eigenvalue weighted by molar-refractivity contribution is 7.26. The number of nitrogens with zero attached hydrogens (tertiary/aromatic N) is 1. The molecule has 0 unspecified atom stereocenters. The van der Waals surface area contributed by atoms with Gasteiger partial charge in [0.2, 0.25) is 0 Å². The summed E-state index contributed by atoms with van der Waals surface area (Å²) >= 11 is 1.87. The molecule has 0 saturated carbocycles. The molecule has 12 aromatic rings. The molecule has 2 heteroatoms. The molecule has 0 spiro atoms. The van der Waals surface area contributed by atoms with Crippen molar-refractivity contribution in [2.75, 3.05) is 4.90 Å². The van der Waals surface area contributed by atoms with Gasteiger partial charge in [-0.3, -0.25) is 0 Å². The molecule has 12 rings (SSSR count). The molecule has 0 aliphatic carbocycles. The van der Waals surface area contributed by atoms with Gasteiger partial charge in [0, 0.05) is 31.5 Å². The SMILES string of the molecule is c1ccc2cc(-c3ccc(N(c4ccc(-c5ccc(-c6cc7ccccc7c7ccccc67)cc5)cc4)c4cccc5sc6cc7ccccc7cc6c45)cc3)ccc2c1. The van der Waals surface area contributed by atoms with Crippen LogP contribution in [0.2, 0.25) is 0 Å². The molecular formula is C58H37NS. The van der Waals surface area contributed by atoms with Gasteiger partial charge in [-0.15, -0.1) is 11.3 Å². The highest BCUT2D eigenvalue weighted by Gasteiger charge is 2.19. The van der Waals surface area contributed by atoms with E-state index in [2.05, 4.69) is 229 Å². The average Bonchev–Trinajstić information content (AvgIpc) is 3.69. The van der Waals surface area contributed by atoms with Gasteiger partial charge in [0.25, 0.3) is 0 Å². The van der Waals surface area contributed by atoms with Crippen molar-refractivity contribution < 1.29 is 0 Å². The van der Waals surface area contributed by atoms with Crippen molar-refractivity contribution in [3.8, 4) is 33.4 Å². The zero-order chi connectivity index (χ0) is 39.6. The van der Waals surface area contributed by atoms with Gasteiger partial charge in [-0.25, -0.2) is 0 Å². The summed E-state index contributed by atoms with van der Waals surface area (Å²) in [7, 11) is 0. The number of thiophene rings is 1. The minimum absolute atomic E-state index is 1.11. The fraction of sp³-hybridized carbons (Fsp3) is 0. The zero-order valence-corrected chi connectivity index (χ0v) is 33.5. The highest BCUT2D eigenvalue weighted by atomic mass is 32.1. The van der Waals surface area contributed by atoms with Crippen molar-refractivity contribution in [1.29, 1.82) is 0 Å². The molecule has 0 N–H and O–H groups in total. The molecule has 0 amide bonds. The molecule has 11 aromatic carbocycles. The van der Waals surface area contributed by atoms with Gasteiger partial charge in [0.15, 0.2) is 0 Å². The first-order valence-electron chi connectivity index (χ1n) is 20.6. The lowest BCUT2D eigenvalue weighted by Gasteiger charge is -2.27. The van der Waals surface area contributed by atoms with Gasteiger partial charge in [0.05, 0.1) is 5.69 Å². The smallest absolute Gasteiger partial charge is 0.0554 e. The van der Waals surface area contributed by atoms with E-state index in [-0.39, 0.29) is 0 Å². The molecule has 1 heterocycles. The second-order valence-electron chi connectivity index (χ2n) is 15.7. The predicted octanol–water partition coefficient (Wildman–Crippen LogP) is 17.1. The quantitative estimate of drug-likeness (QED) is 0.152. The minimum Gasteiger partial charge on any atom is -0.310 e. The monoisotopic (exact) mass is 779 g/mol. The van der Waals surface area contributed by atoms with Crippen molar-refractivity contribution in [1.82, 2.24) is 0 Å². The first kappa shape index (κ1) is 34.5. The van der Waals surface area contributed by atoms with Crippen LogP contribution in [0.3, 0.4) is 0 Å². The van der Waals surface area contributed by atoms with Crippen LogP contribution in [0.1, 0.15) is 0 Å². The van der Waals surface area contributed by atoms with Crippen molar-refractivity contribution in [2.45, 2.75) is 0 Å². The number of anilines is 3. The minimum atomic E-state index is 1.11. The van der Waals surface area contributed by atoms with Crippen molar-refractivity contribution in [3.63, 3.8) is 0 Å². The molecule has 0 radical (unpaired) electrons. The summed E-state index contributed by atoms with van der Waals surface area (Å²) in [6, 6.07) is 82.5. The standard InChI is InChI=1S/C58H37NS/c1-2-11-43-34-46(25-22-38(43)10-1)41-28-32-49(33-29-41)59(55-18-9-19-56-58(55)54-35-44-12-3-4-13-45(44)37-57(54)60-56)48-30-26-40(27-31-48)39-20-23-42(24-21-39)53-36-47-14-5-6-15-50(47)51-16-7-8-17-52(51)53/h1-37H. The largest absolute Gasteiger partial charge is 0.310 e. The van der Waals surface area contributed by atoms with Gasteiger partial charge >= 0.3 is 0 Å². The number of hydrogen-bond acceptors (Lipinski definition) is 2. The Balaban J connectivity index is 0.953. The summed E-state index contributed by atoms with van der Waals surface area (Å²) in [5.74, 6) is 0. The highest BCUT2D eigenvalue weighted by Crippen LogP contribution is 2.46. The fourth-order valence-electron chi connectivity index (χ4n) is 9.22. The van der Waals surface area contributed by atoms with Crippen LogP contribution in [0.5, 0.6) is 0 Å². The average molecular weight is 780 g/mol. The summed E-state index contributed by atoms with van der Waals surface area (Å²) in [6.07, 6.45) is 0. The Morgan fingerprint density at radius 3 is 1.50 bits per heavy atom. The predicted molar refractivity (Wildman–Crippen MR) is 260 cm³/mol. The Morgan fingerprint density at radius 2 is 0.800 bits per heavy atom. The van der Waals surface area contributed by atoms with Crippen LogP contribution < -0.4 is 4.90 Å². The van der Waals surface area contributed by atoms with E-state index in [1.165, 1.54) is 102 Å². The third-order valence-corrected chi connectivity index (χ3v) is 13.3.